The van der Waals surface area contributed by atoms with E-state index in [0.29, 0.717) is 6.42 Å². The van der Waals surface area contributed by atoms with Crippen LogP contribution >= 0.6 is 11.8 Å². The second-order valence-electron chi connectivity index (χ2n) is 4.39. The van der Waals surface area contributed by atoms with E-state index in [4.69, 9.17) is 10.00 Å². The highest BCUT2D eigenvalue weighted by molar-refractivity contribution is 7.99. The van der Waals surface area contributed by atoms with Crippen molar-refractivity contribution in [2.24, 2.45) is 0 Å². The third-order valence-electron chi connectivity index (χ3n) is 3.25. The molecule has 0 bridgehead atoms. The van der Waals surface area contributed by atoms with Gasteiger partial charge in [0.2, 0.25) is 0 Å². The van der Waals surface area contributed by atoms with Crippen LogP contribution in [0.1, 0.15) is 25.3 Å². The van der Waals surface area contributed by atoms with Crippen molar-refractivity contribution in [2.45, 2.75) is 30.1 Å². The van der Waals surface area contributed by atoms with Gasteiger partial charge in [-0.1, -0.05) is 19.1 Å². The first kappa shape index (κ1) is 12.5. The van der Waals surface area contributed by atoms with Crippen molar-refractivity contribution in [2.75, 3.05) is 19.0 Å². The molecule has 1 heterocycles. The van der Waals surface area contributed by atoms with Crippen LogP contribution in [-0.4, -0.2) is 19.0 Å². The predicted molar refractivity (Wildman–Crippen MR) is 70.2 cm³/mol. The van der Waals surface area contributed by atoms with Crippen LogP contribution in [0, 0.1) is 11.3 Å². The summed E-state index contributed by atoms with van der Waals surface area (Å²) >= 11 is 1.85. The van der Waals surface area contributed by atoms with E-state index in [1.165, 1.54) is 10.5 Å². The first-order chi connectivity index (χ1) is 8.30. The molecule has 1 aliphatic rings. The number of nitrogens with zero attached hydrogens (tertiary/aromatic N) is 1. The lowest BCUT2D eigenvalue weighted by Gasteiger charge is -2.41. The number of ether oxygens (including phenoxy) is 1. The molecule has 2 nitrogen and oxygen atoms in total. The topological polar surface area (TPSA) is 33.0 Å². The standard InChI is InChI=1S/C14H17NOS/c1-2-17-13-6-4-12(5-7-13)14(8-3-9-15)10-16-11-14/h4-7H,2-3,8,10-11H2,1H3. The molecule has 0 atom stereocenters. The van der Waals surface area contributed by atoms with Crippen LogP contribution in [0.25, 0.3) is 0 Å². The van der Waals surface area contributed by atoms with Gasteiger partial charge < -0.3 is 4.74 Å². The van der Waals surface area contributed by atoms with E-state index >= 15 is 0 Å². The van der Waals surface area contributed by atoms with Crippen molar-refractivity contribution in [3.05, 3.63) is 29.8 Å². The Hall–Kier alpha value is -0.980. The Morgan fingerprint density at radius 2 is 2.06 bits per heavy atom. The summed E-state index contributed by atoms with van der Waals surface area (Å²) < 4.78 is 5.35. The van der Waals surface area contributed by atoms with Crippen molar-refractivity contribution in [3.63, 3.8) is 0 Å². The number of hydrogen-bond donors (Lipinski definition) is 0. The van der Waals surface area contributed by atoms with Gasteiger partial charge >= 0.3 is 0 Å². The molecule has 0 unspecified atom stereocenters. The maximum absolute atomic E-state index is 8.72. The van der Waals surface area contributed by atoms with Gasteiger partial charge in [0.15, 0.2) is 0 Å². The highest BCUT2D eigenvalue weighted by Crippen LogP contribution is 2.37. The van der Waals surface area contributed by atoms with E-state index in [0.717, 1.165) is 25.4 Å². The van der Waals surface area contributed by atoms with Gasteiger partial charge in [0.25, 0.3) is 0 Å². The fourth-order valence-electron chi connectivity index (χ4n) is 2.17. The maximum Gasteiger partial charge on any atom is 0.0622 e. The van der Waals surface area contributed by atoms with Gasteiger partial charge in [-0.15, -0.1) is 11.8 Å². The van der Waals surface area contributed by atoms with Crippen LogP contribution in [0.4, 0.5) is 0 Å². The third kappa shape index (κ3) is 2.65. The summed E-state index contributed by atoms with van der Waals surface area (Å²) in [5.41, 5.74) is 1.42. The number of thioether (sulfide) groups is 1. The first-order valence-electron chi connectivity index (χ1n) is 5.99. The number of hydrogen-bond acceptors (Lipinski definition) is 3. The lowest BCUT2D eigenvalue weighted by atomic mass is 9.75. The van der Waals surface area contributed by atoms with Crippen LogP contribution in [0.2, 0.25) is 0 Å². The first-order valence-corrected chi connectivity index (χ1v) is 6.97. The SMILES string of the molecule is CCSc1ccc(C2(CCC#N)COC2)cc1. The molecular weight excluding hydrogens is 230 g/mol. The summed E-state index contributed by atoms with van der Waals surface area (Å²) in [7, 11) is 0. The smallest absolute Gasteiger partial charge is 0.0622 e. The minimum absolute atomic E-state index is 0.102. The summed E-state index contributed by atoms with van der Waals surface area (Å²) in [4.78, 5) is 1.31. The largest absolute Gasteiger partial charge is 0.379 e. The number of benzene rings is 1. The average molecular weight is 247 g/mol. The van der Waals surface area contributed by atoms with E-state index < -0.39 is 0 Å². The van der Waals surface area contributed by atoms with Crippen molar-refractivity contribution < 1.29 is 4.74 Å². The summed E-state index contributed by atoms with van der Waals surface area (Å²) in [5, 5.41) is 8.72. The molecule has 0 radical (unpaired) electrons. The molecule has 0 aliphatic carbocycles. The van der Waals surface area contributed by atoms with E-state index in [1.807, 2.05) is 11.8 Å². The Labute approximate surface area is 107 Å². The average Bonchev–Trinajstić information content (AvgIpc) is 2.30. The second-order valence-corrected chi connectivity index (χ2v) is 5.73. The maximum atomic E-state index is 8.72. The fourth-order valence-corrected chi connectivity index (χ4v) is 2.83. The fraction of sp³-hybridized carbons (Fsp3) is 0.500. The van der Waals surface area contributed by atoms with Crippen molar-refractivity contribution >= 4 is 11.8 Å². The lowest BCUT2D eigenvalue weighted by Crippen LogP contribution is -2.46. The van der Waals surface area contributed by atoms with Gasteiger partial charge in [-0.3, -0.25) is 0 Å². The Kier molecular flexibility index (Phi) is 4.09. The Morgan fingerprint density at radius 1 is 1.35 bits per heavy atom. The Bertz CT molecular complexity index is 403. The van der Waals surface area contributed by atoms with Crippen LogP contribution in [0.5, 0.6) is 0 Å². The zero-order valence-corrected chi connectivity index (χ0v) is 10.9. The molecule has 90 valence electrons. The van der Waals surface area contributed by atoms with Gasteiger partial charge in [-0.05, 0) is 29.9 Å². The third-order valence-corrected chi connectivity index (χ3v) is 4.14. The quantitative estimate of drug-likeness (QED) is 0.748. The monoisotopic (exact) mass is 247 g/mol. The molecule has 0 aromatic heterocycles. The zero-order chi connectivity index (χ0) is 12.1. The molecular formula is C14H17NOS. The van der Waals surface area contributed by atoms with Crippen LogP contribution in [0.15, 0.2) is 29.2 Å². The Balaban J connectivity index is 2.12. The highest BCUT2D eigenvalue weighted by atomic mass is 32.2. The molecule has 1 aromatic carbocycles. The summed E-state index contributed by atoms with van der Waals surface area (Å²) in [6.45, 7) is 3.68. The molecule has 1 fully saturated rings. The molecule has 0 saturated carbocycles. The van der Waals surface area contributed by atoms with Gasteiger partial charge in [0.1, 0.15) is 0 Å². The molecule has 3 heteroatoms. The highest BCUT2D eigenvalue weighted by Gasteiger charge is 2.39. The van der Waals surface area contributed by atoms with Gasteiger partial charge in [-0.25, -0.2) is 0 Å². The van der Waals surface area contributed by atoms with Gasteiger partial charge in [0, 0.05) is 16.7 Å². The summed E-state index contributed by atoms with van der Waals surface area (Å²) in [6.07, 6.45) is 1.51. The molecule has 1 aromatic rings. The van der Waals surface area contributed by atoms with Crippen LogP contribution in [0.3, 0.4) is 0 Å². The van der Waals surface area contributed by atoms with Crippen LogP contribution < -0.4 is 0 Å². The molecule has 1 aliphatic heterocycles. The molecule has 17 heavy (non-hydrogen) atoms. The van der Waals surface area contributed by atoms with Crippen LogP contribution in [-0.2, 0) is 10.2 Å². The minimum atomic E-state index is 0.102. The molecule has 2 rings (SSSR count). The molecule has 0 spiro atoms. The van der Waals surface area contributed by atoms with Gasteiger partial charge in [0.05, 0.1) is 19.3 Å². The number of nitriles is 1. The second kappa shape index (κ2) is 5.57. The lowest BCUT2D eigenvalue weighted by molar-refractivity contribution is -0.0637. The molecule has 1 saturated heterocycles. The number of rotatable bonds is 5. The van der Waals surface area contributed by atoms with E-state index in [1.54, 1.807) is 0 Å². The normalized spacial score (nSPS) is 17.2. The van der Waals surface area contributed by atoms with E-state index in [-0.39, 0.29) is 5.41 Å². The Morgan fingerprint density at radius 3 is 2.53 bits per heavy atom. The van der Waals surface area contributed by atoms with E-state index in [2.05, 4.69) is 37.3 Å². The van der Waals surface area contributed by atoms with Gasteiger partial charge in [-0.2, -0.15) is 5.26 Å². The van der Waals surface area contributed by atoms with Crippen molar-refractivity contribution in [1.82, 2.24) is 0 Å². The zero-order valence-electron chi connectivity index (χ0n) is 10.1. The summed E-state index contributed by atoms with van der Waals surface area (Å²) in [6, 6.07) is 11.0. The molecule has 0 N–H and O–H groups in total. The predicted octanol–water partition coefficient (Wildman–Crippen LogP) is 3.37. The van der Waals surface area contributed by atoms with Crippen molar-refractivity contribution in [3.8, 4) is 6.07 Å². The minimum Gasteiger partial charge on any atom is -0.379 e. The van der Waals surface area contributed by atoms with E-state index in [9.17, 15) is 0 Å². The summed E-state index contributed by atoms with van der Waals surface area (Å²) in [5.74, 6) is 1.10. The van der Waals surface area contributed by atoms with Crippen molar-refractivity contribution in [1.29, 1.82) is 5.26 Å². The molecule has 0 amide bonds.